The van der Waals surface area contributed by atoms with Gasteiger partial charge in [0.2, 0.25) is 0 Å². The fourth-order valence-corrected chi connectivity index (χ4v) is 2.45. The number of rotatable bonds is 3. The molecule has 1 heterocycles. The zero-order valence-corrected chi connectivity index (χ0v) is 10.4. The zero-order chi connectivity index (χ0) is 12.2. The van der Waals surface area contributed by atoms with Crippen molar-refractivity contribution in [3.63, 3.8) is 0 Å². The summed E-state index contributed by atoms with van der Waals surface area (Å²) in [6.07, 6.45) is 4.48. The summed E-state index contributed by atoms with van der Waals surface area (Å²) >= 11 is 0. The molecule has 0 N–H and O–H groups in total. The van der Waals surface area contributed by atoms with Crippen LogP contribution in [0.25, 0.3) is 11.1 Å². The highest BCUT2D eigenvalue weighted by molar-refractivity contribution is 5.67. The lowest BCUT2D eigenvalue weighted by Crippen LogP contribution is -2.19. The van der Waals surface area contributed by atoms with Crippen LogP contribution in [0.4, 0.5) is 0 Å². The molecular weight excluding hydrogens is 218 g/mol. The summed E-state index contributed by atoms with van der Waals surface area (Å²) < 4.78 is 0. The third-order valence-corrected chi connectivity index (χ3v) is 3.39. The molecule has 90 valence electrons. The van der Waals surface area contributed by atoms with E-state index in [2.05, 4.69) is 71.6 Å². The Morgan fingerprint density at radius 1 is 0.778 bits per heavy atom. The maximum Gasteiger partial charge on any atom is 0.0246 e. The van der Waals surface area contributed by atoms with Crippen molar-refractivity contribution in [2.75, 3.05) is 13.1 Å². The van der Waals surface area contributed by atoms with Gasteiger partial charge in [-0.25, -0.2) is 0 Å². The number of nitrogens with zero attached hydrogens (tertiary/aromatic N) is 1. The first-order valence-corrected chi connectivity index (χ1v) is 6.44. The molecule has 0 radical (unpaired) electrons. The van der Waals surface area contributed by atoms with Crippen LogP contribution < -0.4 is 0 Å². The fourth-order valence-electron chi connectivity index (χ4n) is 2.45. The molecule has 0 aliphatic carbocycles. The molecule has 1 nitrogen and oxygen atoms in total. The Hall–Kier alpha value is -1.86. The average Bonchev–Trinajstić information content (AvgIpc) is 2.93. The van der Waals surface area contributed by atoms with Crippen molar-refractivity contribution in [3.8, 4) is 11.1 Å². The first kappa shape index (κ1) is 11.2. The monoisotopic (exact) mass is 235 g/mol. The predicted molar refractivity (Wildman–Crippen MR) is 76.3 cm³/mol. The highest BCUT2D eigenvalue weighted by atomic mass is 15.1. The first-order valence-electron chi connectivity index (χ1n) is 6.44. The first-order chi connectivity index (χ1) is 8.93. The lowest BCUT2D eigenvalue weighted by Gasteiger charge is -2.17. The summed E-state index contributed by atoms with van der Waals surface area (Å²) in [5.41, 5.74) is 4.07. The van der Waals surface area contributed by atoms with Gasteiger partial charge >= 0.3 is 0 Å². The van der Waals surface area contributed by atoms with Gasteiger partial charge in [0.1, 0.15) is 0 Å². The third-order valence-electron chi connectivity index (χ3n) is 3.39. The van der Waals surface area contributed by atoms with Crippen LogP contribution in [-0.2, 0) is 6.54 Å². The Bertz CT molecular complexity index is 535. The maximum absolute atomic E-state index is 2.45. The quantitative estimate of drug-likeness (QED) is 0.733. The molecule has 1 heteroatoms. The highest BCUT2D eigenvalue weighted by Gasteiger charge is 2.10. The van der Waals surface area contributed by atoms with Crippen molar-refractivity contribution in [3.05, 3.63) is 72.3 Å². The molecule has 0 fully saturated rings. The van der Waals surface area contributed by atoms with Crippen molar-refractivity contribution < 1.29 is 0 Å². The summed E-state index contributed by atoms with van der Waals surface area (Å²) in [6, 6.07) is 19.3. The van der Waals surface area contributed by atoms with Gasteiger partial charge in [-0.05, 0) is 16.7 Å². The summed E-state index contributed by atoms with van der Waals surface area (Å²) in [7, 11) is 0. The van der Waals surface area contributed by atoms with Gasteiger partial charge in [-0.15, -0.1) is 0 Å². The minimum Gasteiger partial charge on any atom is -0.292 e. The van der Waals surface area contributed by atoms with Gasteiger partial charge in [-0.3, -0.25) is 4.90 Å². The van der Waals surface area contributed by atoms with Gasteiger partial charge in [0.25, 0.3) is 0 Å². The highest BCUT2D eigenvalue weighted by Crippen LogP contribution is 2.24. The second-order valence-electron chi connectivity index (χ2n) is 4.69. The van der Waals surface area contributed by atoms with Gasteiger partial charge in [-0.1, -0.05) is 66.7 Å². The Labute approximate surface area is 108 Å². The van der Waals surface area contributed by atoms with Crippen LogP contribution in [0.15, 0.2) is 66.7 Å². The summed E-state index contributed by atoms with van der Waals surface area (Å²) in [6.45, 7) is 3.17. The molecule has 0 saturated carbocycles. The second kappa shape index (κ2) is 5.19. The Balaban J connectivity index is 1.90. The van der Waals surface area contributed by atoms with E-state index in [1.807, 2.05) is 0 Å². The summed E-state index contributed by atoms with van der Waals surface area (Å²) in [5.74, 6) is 0. The molecular formula is C17H17N. The molecule has 0 unspecified atom stereocenters. The van der Waals surface area contributed by atoms with Gasteiger partial charge in [0.15, 0.2) is 0 Å². The fraction of sp³-hybridized carbons (Fsp3) is 0.176. The van der Waals surface area contributed by atoms with E-state index in [0.717, 1.165) is 19.6 Å². The predicted octanol–water partition coefficient (Wildman–Crippen LogP) is 3.73. The number of hydrogen-bond donors (Lipinski definition) is 0. The van der Waals surface area contributed by atoms with Crippen LogP contribution in [0.5, 0.6) is 0 Å². The molecule has 1 aliphatic rings. The molecule has 18 heavy (non-hydrogen) atoms. The Morgan fingerprint density at radius 2 is 1.44 bits per heavy atom. The number of benzene rings is 2. The van der Waals surface area contributed by atoms with Crippen molar-refractivity contribution in [1.82, 2.24) is 4.90 Å². The van der Waals surface area contributed by atoms with Gasteiger partial charge in [0.05, 0.1) is 0 Å². The number of hydrogen-bond acceptors (Lipinski definition) is 1. The molecule has 0 aromatic heterocycles. The standard InChI is InChI=1S/C17H17N/c1-2-8-15(9-3-1)17-11-5-4-10-16(17)14-18-12-6-7-13-18/h1-11H,12-14H2. The molecule has 0 spiro atoms. The molecule has 0 bridgehead atoms. The van der Waals surface area contributed by atoms with E-state index in [-0.39, 0.29) is 0 Å². The minimum atomic E-state index is 1.03. The lowest BCUT2D eigenvalue weighted by molar-refractivity contribution is 0.346. The van der Waals surface area contributed by atoms with Crippen LogP contribution in [0, 0.1) is 0 Å². The molecule has 0 amide bonds. The topological polar surface area (TPSA) is 3.24 Å². The van der Waals surface area contributed by atoms with E-state index >= 15 is 0 Å². The van der Waals surface area contributed by atoms with E-state index < -0.39 is 0 Å². The molecule has 1 aliphatic heterocycles. The minimum absolute atomic E-state index is 1.03. The Kier molecular flexibility index (Phi) is 3.24. The van der Waals surface area contributed by atoms with E-state index in [4.69, 9.17) is 0 Å². The van der Waals surface area contributed by atoms with Crippen LogP contribution in [0.2, 0.25) is 0 Å². The van der Waals surface area contributed by atoms with E-state index in [1.165, 1.54) is 16.7 Å². The maximum atomic E-state index is 2.45. The smallest absolute Gasteiger partial charge is 0.0246 e. The normalized spacial score (nSPS) is 15.1. The summed E-state index contributed by atoms with van der Waals surface area (Å²) in [5, 5.41) is 0. The molecule has 2 aromatic carbocycles. The summed E-state index contributed by atoms with van der Waals surface area (Å²) in [4.78, 5) is 2.45. The third kappa shape index (κ3) is 2.36. The van der Waals surface area contributed by atoms with Crippen LogP contribution in [-0.4, -0.2) is 18.0 Å². The van der Waals surface area contributed by atoms with Crippen LogP contribution in [0.1, 0.15) is 5.56 Å². The molecule has 2 aromatic rings. The van der Waals surface area contributed by atoms with E-state index in [1.54, 1.807) is 0 Å². The molecule has 0 saturated heterocycles. The van der Waals surface area contributed by atoms with Gasteiger partial charge < -0.3 is 0 Å². The van der Waals surface area contributed by atoms with E-state index in [9.17, 15) is 0 Å². The van der Waals surface area contributed by atoms with Crippen molar-refractivity contribution >= 4 is 0 Å². The second-order valence-corrected chi connectivity index (χ2v) is 4.69. The van der Waals surface area contributed by atoms with Crippen LogP contribution in [0.3, 0.4) is 0 Å². The molecule has 0 atom stereocenters. The van der Waals surface area contributed by atoms with Crippen molar-refractivity contribution in [2.45, 2.75) is 6.54 Å². The van der Waals surface area contributed by atoms with Gasteiger partial charge in [0, 0.05) is 19.6 Å². The largest absolute Gasteiger partial charge is 0.292 e. The van der Waals surface area contributed by atoms with Crippen LogP contribution >= 0.6 is 0 Å². The lowest BCUT2D eigenvalue weighted by atomic mass is 9.99. The zero-order valence-electron chi connectivity index (χ0n) is 10.4. The van der Waals surface area contributed by atoms with Gasteiger partial charge in [-0.2, -0.15) is 0 Å². The SMILES string of the molecule is C1=CCN(Cc2ccccc2-c2ccccc2)C1. The van der Waals surface area contributed by atoms with Crippen molar-refractivity contribution in [2.24, 2.45) is 0 Å². The molecule has 3 rings (SSSR count). The van der Waals surface area contributed by atoms with Crippen molar-refractivity contribution in [1.29, 1.82) is 0 Å². The van der Waals surface area contributed by atoms with E-state index in [0.29, 0.717) is 0 Å². The average molecular weight is 235 g/mol. The Morgan fingerprint density at radius 3 is 2.22 bits per heavy atom.